The van der Waals surface area contributed by atoms with Crippen molar-refractivity contribution in [2.24, 2.45) is 0 Å². The third-order valence-electron chi connectivity index (χ3n) is 2.45. The van der Waals surface area contributed by atoms with Crippen LogP contribution in [0.4, 0.5) is 0 Å². The van der Waals surface area contributed by atoms with Gasteiger partial charge in [0, 0.05) is 22.5 Å². The summed E-state index contributed by atoms with van der Waals surface area (Å²) in [5.41, 5.74) is 0.291. The molecule has 98 valence electrons. The van der Waals surface area contributed by atoms with E-state index in [4.69, 9.17) is 28.3 Å². The second-order valence-corrected chi connectivity index (χ2v) is 4.50. The number of halogens is 2. The van der Waals surface area contributed by atoms with Crippen LogP contribution in [-0.4, -0.2) is 28.5 Å². The van der Waals surface area contributed by atoms with Crippen LogP contribution in [0.3, 0.4) is 0 Å². The lowest BCUT2D eigenvalue weighted by Crippen LogP contribution is -2.29. The van der Waals surface area contributed by atoms with Crippen LogP contribution in [0, 0.1) is 0 Å². The highest BCUT2D eigenvalue weighted by Crippen LogP contribution is 2.28. The van der Waals surface area contributed by atoms with E-state index in [0.717, 1.165) is 0 Å². The van der Waals surface area contributed by atoms with Gasteiger partial charge in [-0.1, -0.05) is 29.3 Å². The highest BCUT2D eigenvalue weighted by molar-refractivity contribution is 6.39. The zero-order valence-corrected chi connectivity index (χ0v) is 11.0. The van der Waals surface area contributed by atoms with Crippen LogP contribution in [0.15, 0.2) is 24.4 Å². The zero-order valence-electron chi connectivity index (χ0n) is 9.48. The molecular weight excluding hydrogens is 291 g/mol. The van der Waals surface area contributed by atoms with E-state index in [0.29, 0.717) is 21.4 Å². The summed E-state index contributed by atoms with van der Waals surface area (Å²) in [5, 5.41) is 12.6. The number of aliphatic carboxylic acids is 1. The van der Waals surface area contributed by atoms with Gasteiger partial charge in [-0.15, -0.1) is 0 Å². The van der Waals surface area contributed by atoms with E-state index in [1.165, 1.54) is 12.3 Å². The van der Waals surface area contributed by atoms with Crippen LogP contribution in [0.5, 0.6) is 0 Å². The molecule has 0 aliphatic rings. The number of carbonyl (C=O) groups excluding carboxylic acids is 1. The van der Waals surface area contributed by atoms with Crippen LogP contribution >= 0.6 is 23.2 Å². The number of benzene rings is 1. The normalized spacial score (nSPS) is 10.4. The van der Waals surface area contributed by atoms with Gasteiger partial charge in [0.25, 0.3) is 5.91 Å². The number of nitrogens with zero attached hydrogens (tertiary/aromatic N) is 1. The molecule has 2 N–H and O–H groups in total. The number of carboxylic acid groups (broad SMARTS) is 1. The third-order valence-corrected chi connectivity index (χ3v) is 3.06. The summed E-state index contributed by atoms with van der Waals surface area (Å²) >= 11 is 11.9. The van der Waals surface area contributed by atoms with Crippen molar-refractivity contribution < 1.29 is 14.7 Å². The molecule has 1 amide bonds. The second kappa shape index (κ2) is 5.42. The van der Waals surface area contributed by atoms with Gasteiger partial charge in [-0.2, -0.15) is 0 Å². The SMILES string of the molecule is O=C(O)CNC(=O)c1ccc2c(Cl)cnc(Cl)c2c1. The number of hydrogen-bond acceptors (Lipinski definition) is 3. The fraction of sp³-hybridized carbons (Fsp3) is 0.0833. The van der Waals surface area contributed by atoms with E-state index in [-0.39, 0.29) is 5.15 Å². The van der Waals surface area contributed by atoms with Crippen LogP contribution in [0.1, 0.15) is 10.4 Å². The summed E-state index contributed by atoms with van der Waals surface area (Å²) in [6.07, 6.45) is 1.43. The first-order valence-corrected chi connectivity index (χ1v) is 5.98. The minimum Gasteiger partial charge on any atom is -0.480 e. The quantitative estimate of drug-likeness (QED) is 0.853. The molecule has 5 nitrogen and oxygen atoms in total. The van der Waals surface area contributed by atoms with Gasteiger partial charge in [0.15, 0.2) is 0 Å². The minimum atomic E-state index is -1.11. The fourth-order valence-electron chi connectivity index (χ4n) is 1.57. The molecule has 19 heavy (non-hydrogen) atoms. The average Bonchev–Trinajstić information content (AvgIpc) is 2.40. The number of carbonyl (C=O) groups is 2. The van der Waals surface area contributed by atoms with Crippen LogP contribution in [0.2, 0.25) is 10.2 Å². The molecule has 2 rings (SSSR count). The topological polar surface area (TPSA) is 79.3 Å². The molecule has 7 heteroatoms. The average molecular weight is 299 g/mol. The Labute approximate surface area is 118 Å². The number of pyridine rings is 1. The van der Waals surface area contributed by atoms with Crippen LogP contribution in [-0.2, 0) is 4.79 Å². The van der Waals surface area contributed by atoms with Gasteiger partial charge in [-0.25, -0.2) is 4.98 Å². The van der Waals surface area contributed by atoms with Gasteiger partial charge in [-0.05, 0) is 12.1 Å². The highest BCUT2D eigenvalue weighted by atomic mass is 35.5. The molecule has 0 saturated carbocycles. The molecule has 0 fully saturated rings. The summed E-state index contributed by atoms with van der Waals surface area (Å²) in [7, 11) is 0. The Hall–Kier alpha value is -1.85. The third kappa shape index (κ3) is 2.94. The lowest BCUT2D eigenvalue weighted by Gasteiger charge is -2.06. The minimum absolute atomic E-state index is 0.229. The zero-order chi connectivity index (χ0) is 14.0. The molecule has 0 bridgehead atoms. The van der Waals surface area contributed by atoms with Gasteiger partial charge in [0.2, 0.25) is 0 Å². The summed E-state index contributed by atoms with van der Waals surface area (Å²) in [6, 6.07) is 4.70. The number of fused-ring (bicyclic) bond motifs is 1. The molecule has 1 aromatic carbocycles. The largest absolute Gasteiger partial charge is 0.480 e. The Kier molecular flexibility index (Phi) is 3.87. The number of rotatable bonds is 3. The Balaban J connectivity index is 2.39. The number of amides is 1. The van der Waals surface area contributed by atoms with Crippen molar-refractivity contribution in [3.05, 3.63) is 40.1 Å². The van der Waals surface area contributed by atoms with Crippen LogP contribution < -0.4 is 5.32 Å². The van der Waals surface area contributed by atoms with Crippen molar-refractivity contribution in [1.29, 1.82) is 0 Å². The maximum atomic E-state index is 11.7. The standard InChI is InChI=1S/C12H8Cl2N2O3/c13-9-4-15-11(14)8-3-6(1-2-7(8)9)12(19)16-5-10(17)18/h1-4H,5H2,(H,16,19)(H,17,18). The molecule has 2 aromatic rings. The fourth-order valence-corrected chi connectivity index (χ4v) is 1.99. The molecule has 0 aliphatic carbocycles. The Morgan fingerprint density at radius 2 is 2.00 bits per heavy atom. The highest BCUT2D eigenvalue weighted by Gasteiger charge is 2.11. The Bertz CT molecular complexity index is 673. The summed E-state index contributed by atoms with van der Waals surface area (Å²) in [4.78, 5) is 26.0. The number of carboxylic acids is 1. The maximum Gasteiger partial charge on any atom is 0.322 e. The van der Waals surface area contributed by atoms with E-state index >= 15 is 0 Å². The summed E-state index contributed by atoms with van der Waals surface area (Å²) < 4.78 is 0. The van der Waals surface area contributed by atoms with Crippen molar-refractivity contribution in [3.63, 3.8) is 0 Å². The lowest BCUT2D eigenvalue weighted by molar-refractivity contribution is -0.135. The van der Waals surface area contributed by atoms with Crippen molar-refractivity contribution >= 4 is 45.9 Å². The van der Waals surface area contributed by atoms with Crippen molar-refractivity contribution in [2.45, 2.75) is 0 Å². The first-order valence-electron chi connectivity index (χ1n) is 5.23. The lowest BCUT2D eigenvalue weighted by atomic mass is 10.1. The van der Waals surface area contributed by atoms with E-state index < -0.39 is 18.4 Å². The molecule has 0 aliphatic heterocycles. The van der Waals surface area contributed by atoms with E-state index in [2.05, 4.69) is 10.3 Å². The smallest absolute Gasteiger partial charge is 0.322 e. The Morgan fingerprint density at radius 1 is 1.26 bits per heavy atom. The predicted octanol–water partition coefficient (Wildman–Crippen LogP) is 2.36. The van der Waals surface area contributed by atoms with E-state index in [1.807, 2.05) is 0 Å². The van der Waals surface area contributed by atoms with Gasteiger partial charge in [-0.3, -0.25) is 9.59 Å². The molecule has 0 atom stereocenters. The predicted molar refractivity (Wildman–Crippen MR) is 71.7 cm³/mol. The molecule has 0 spiro atoms. The van der Waals surface area contributed by atoms with Crippen molar-refractivity contribution in [2.75, 3.05) is 6.54 Å². The summed E-state index contributed by atoms with van der Waals surface area (Å²) in [5.74, 6) is -1.61. The first kappa shape index (κ1) is 13.6. The van der Waals surface area contributed by atoms with Gasteiger partial charge in [0.1, 0.15) is 11.7 Å². The van der Waals surface area contributed by atoms with Gasteiger partial charge in [0.05, 0.1) is 5.02 Å². The summed E-state index contributed by atoms with van der Waals surface area (Å²) in [6.45, 7) is -0.446. The monoisotopic (exact) mass is 298 g/mol. The van der Waals surface area contributed by atoms with Crippen molar-refractivity contribution in [3.8, 4) is 0 Å². The van der Waals surface area contributed by atoms with Crippen LogP contribution in [0.25, 0.3) is 10.8 Å². The van der Waals surface area contributed by atoms with E-state index in [1.54, 1.807) is 12.1 Å². The number of nitrogens with one attached hydrogen (secondary N) is 1. The second-order valence-electron chi connectivity index (χ2n) is 3.73. The van der Waals surface area contributed by atoms with Gasteiger partial charge >= 0.3 is 5.97 Å². The maximum absolute atomic E-state index is 11.7. The van der Waals surface area contributed by atoms with Crippen molar-refractivity contribution in [1.82, 2.24) is 10.3 Å². The molecule has 0 saturated heterocycles. The first-order chi connectivity index (χ1) is 8.99. The molecule has 1 aromatic heterocycles. The molecule has 1 heterocycles. The molecule has 0 unspecified atom stereocenters. The molecular formula is C12H8Cl2N2O3. The number of aromatic nitrogens is 1. The van der Waals surface area contributed by atoms with E-state index in [9.17, 15) is 9.59 Å². The Morgan fingerprint density at radius 3 is 2.68 bits per heavy atom. The molecule has 0 radical (unpaired) electrons. The van der Waals surface area contributed by atoms with Gasteiger partial charge < -0.3 is 10.4 Å². The number of hydrogen-bond donors (Lipinski definition) is 2.